The summed E-state index contributed by atoms with van der Waals surface area (Å²) in [5.74, 6) is -1.12. The van der Waals surface area contributed by atoms with E-state index in [0.717, 1.165) is 0 Å². The maximum atomic E-state index is 11.3. The van der Waals surface area contributed by atoms with Crippen LogP contribution in [0, 0.1) is 0 Å². The number of aromatic carboxylic acids is 1. The molecule has 1 aromatic carbocycles. The van der Waals surface area contributed by atoms with Gasteiger partial charge in [0.25, 0.3) is 0 Å². The molecule has 84 valence electrons. The molecule has 0 radical (unpaired) electrons. The lowest BCUT2D eigenvalue weighted by molar-refractivity contribution is 0.0696. The van der Waals surface area contributed by atoms with E-state index >= 15 is 0 Å². The van der Waals surface area contributed by atoms with Gasteiger partial charge in [0.05, 0.1) is 17.1 Å². The summed E-state index contributed by atoms with van der Waals surface area (Å²) in [7, 11) is -3.07. The predicted molar refractivity (Wildman–Crippen MR) is 60.0 cm³/mol. The summed E-state index contributed by atoms with van der Waals surface area (Å²) >= 11 is 0. The second kappa shape index (κ2) is 3.75. The highest BCUT2D eigenvalue weighted by atomic mass is 32.2. The van der Waals surface area contributed by atoms with E-state index in [0.29, 0.717) is 11.1 Å². The Kier molecular flexibility index (Phi) is 2.55. The van der Waals surface area contributed by atoms with Gasteiger partial charge in [0, 0.05) is 0 Å². The highest BCUT2D eigenvalue weighted by Gasteiger charge is 2.23. The first-order chi connectivity index (χ1) is 7.49. The topological polar surface area (TPSA) is 71.4 Å². The van der Waals surface area contributed by atoms with E-state index in [2.05, 4.69) is 0 Å². The van der Waals surface area contributed by atoms with Crippen LogP contribution in [0.1, 0.15) is 15.9 Å². The van der Waals surface area contributed by atoms with Crippen LogP contribution < -0.4 is 0 Å². The maximum Gasteiger partial charge on any atom is 0.336 e. The molecule has 4 nitrogen and oxygen atoms in total. The minimum absolute atomic E-state index is 0.00368. The molecule has 0 unspecified atom stereocenters. The number of hydrogen-bond donors (Lipinski definition) is 1. The summed E-state index contributed by atoms with van der Waals surface area (Å²) < 4.78 is 22.6. The number of rotatable bonds is 2. The third-order valence-corrected chi connectivity index (χ3v) is 3.89. The number of carbonyl (C=O) groups is 1. The molecular weight excluding hydrogens is 228 g/mol. The van der Waals surface area contributed by atoms with Gasteiger partial charge in [-0.15, -0.1) is 0 Å². The summed E-state index contributed by atoms with van der Waals surface area (Å²) in [4.78, 5) is 11.0. The number of hydrogen-bond acceptors (Lipinski definition) is 3. The van der Waals surface area contributed by atoms with Gasteiger partial charge in [-0.3, -0.25) is 0 Å². The van der Waals surface area contributed by atoms with Crippen LogP contribution in [0.25, 0.3) is 5.57 Å². The van der Waals surface area contributed by atoms with Crippen LogP contribution in [0.5, 0.6) is 0 Å². The molecule has 1 heterocycles. The molecule has 1 aromatic rings. The van der Waals surface area contributed by atoms with Crippen LogP contribution in [-0.4, -0.2) is 31.0 Å². The first-order valence-electron chi connectivity index (χ1n) is 4.72. The van der Waals surface area contributed by atoms with Gasteiger partial charge < -0.3 is 5.11 Å². The average molecular weight is 238 g/mol. The van der Waals surface area contributed by atoms with Gasteiger partial charge in [-0.2, -0.15) is 0 Å². The quantitative estimate of drug-likeness (QED) is 0.840. The smallest absolute Gasteiger partial charge is 0.336 e. The second-order valence-corrected chi connectivity index (χ2v) is 5.74. The predicted octanol–water partition coefficient (Wildman–Crippen LogP) is 1.20. The van der Waals surface area contributed by atoms with E-state index in [1.165, 1.54) is 6.07 Å². The van der Waals surface area contributed by atoms with Crippen molar-refractivity contribution in [3.8, 4) is 0 Å². The van der Waals surface area contributed by atoms with Crippen LogP contribution in [-0.2, 0) is 9.84 Å². The molecule has 0 aromatic heterocycles. The van der Waals surface area contributed by atoms with Crippen molar-refractivity contribution in [3.05, 3.63) is 41.5 Å². The third-order valence-electron chi connectivity index (χ3n) is 2.46. The van der Waals surface area contributed by atoms with E-state index < -0.39 is 15.8 Å². The molecule has 0 spiro atoms. The fraction of sp³-hybridized carbons (Fsp3) is 0.182. The zero-order chi connectivity index (χ0) is 11.8. The molecule has 0 bridgehead atoms. The molecule has 0 fully saturated rings. The molecule has 2 rings (SSSR count). The Hall–Kier alpha value is -1.62. The molecule has 0 aliphatic carbocycles. The molecular formula is C11H10O4S. The van der Waals surface area contributed by atoms with Crippen LogP contribution in [0.2, 0.25) is 0 Å². The minimum atomic E-state index is -3.07. The second-order valence-electron chi connectivity index (χ2n) is 3.63. The van der Waals surface area contributed by atoms with E-state index in [4.69, 9.17) is 5.11 Å². The van der Waals surface area contributed by atoms with Gasteiger partial charge in [-0.05, 0) is 17.2 Å². The normalized spacial score (nSPS) is 18.1. The molecule has 0 amide bonds. The molecule has 5 heteroatoms. The Morgan fingerprint density at radius 2 is 1.94 bits per heavy atom. The fourth-order valence-corrected chi connectivity index (χ4v) is 3.04. The number of carboxylic acid groups (broad SMARTS) is 1. The number of benzene rings is 1. The molecule has 0 saturated carbocycles. The van der Waals surface area contributed by atoms with Crippen molar-refractivity contribution in [3.63, 3.8) is 0 Å². The molecule has 16 heavy (non-hydrogen) atoms. The molecule has 0 saturated heterocycles. The summed E-state index contributed by atoms with van der Waals surface area (Å²) in [6.45, 7) is 0. The zero-order valence-electron chi connectivity index (χ0n) is 8.38. The van der Waals surface area contributed by atoms with Gasteiger partial charge in [0.15, 0.2) is 9.84 Å². The number of carboxylic acids is 1. The van der Waals surface area contributed by atoms with Gasteiger partial charge in [-0.1, -0.05) is 24.3 Å². The van der Waals surface area contributed by atoms with Gasteiger partial charge in [0.2, 0.25) is 0 Å². The van der Waals surface area contributed by atoms with Crippen LogP contribution >= 0.6 is 0 Å². The summed E-state index contributed by atoms with van der Waals surface area (Å²) in [5.41, 5.74) is 1.22. The van der Waals surface area contributed by atoms with Crippen molar-refractivity contribution >= 4 is 21.4 Å². The monoisotopic (exact) mass is 238 g/mol. The van der Waals surface area contributed by atoms with Crippen molar-refractivity contribution in [2.45, 2.75) is 0 Å². The van der Waals surface area contributed by atoms with E-state index in [9.17, 15) is 13.2 Å². The first kappa shape index (κ1) is 10.9. The Morgan fingerprint density at radius 3 is 2.50 bits per heavy atom. The van der Waals surface area contributed by atoms with Crippen molar-refractivity contribution in [2.75, 3.05) is 11.5 Å². The van der Waals surface area contributed by atoms with Crippen LogP contribution in [0.3, 0.4) is 0 Å². The highest BCUT2D eigenvalue weighted by Crippen LogP contribution is 2.25. The summed E-state index contributed by atoms with van der Waals surface area (Å²) in [6.07, 6.45) is 1.58. The highest BCUT2D eigenvalue weighted by molar-refractivity contribution is 7.92. The van der Waals surface area contributed by atoms with Gasteiger partial charge >= 0.3 is 5.97 Å². The lowest BCUT2D eigenvalue weighted by atomic mass is 10.0. The Balaban J connectivity index is 2.47. The standard InChI is InChI=1S/C11H10O4S/c12-11(13)10-4-2-1-3-9(10)8-5-6-16(14,15)7-8/h1-5H,6-7H2,(H,12,13). The van der Waals surface area contributed by atoms with Crippen molar-refractivity contribution in [1.82, 2.24) is 0 Å². The molecule has 1 aliphatic heterocycles. The van der Waals surface area contributed by atoms with E-state index in [1.807, 2.05) is 0 Å². The Morgan fingerprint density at radius 1 is 1.25 bits per heavy atom. The first-order valence-corrected chi connectivity index (χ1v) is 6.54. The largest absolute Gasteiger partial charge is 0.478 e. The average Bonchev–Trinajstić information content (AvgIpc) is 2.59. The summed E-state index contributed by atoms with van der Waals surface area (Å²) in [5, 5.41) is 8.98. The third kappa shape index (κ3) is 1.99. The van der Waals surface area contributed by atoms with Crippen LogP contribution in [0.15, 0.2) is 30.3 Å². The Labute approximate surface area is 93.1 Å². The van der Waals surface area contributed by atoms with Gasteiger partial charge in [-0.25, -0.2) is 13.2 Å². The minimum Gasteiger partial charge on any atom is -0.478 e. The maximum absolute atomic E-state index is 11.3. The van der Waals surface area contributed by atoms with Crippen molar-refractivity contribution in [1.29, 1.82) is 0 Å². The number of sulfone groups is 1. The lowest BCUT2D eigenvalue weighted by Crippen LogP contribution is -2.05. The molecule has 1 N–H and O–H groups in total. The lowest BCUT2D eigenvalue weighted by Gasteiger charge is -2.05. The van der Waals surface area contributed by atoms with E-state index in [1.54, 1.807) is 24.3 Å². The zero-order valence-corrected chi connectivity index (χ0v) is 9.20. The molecule has 1 aliphatic rings. The Bertz CT molecular complexity index is 569. The van der Waals surface area contributed by atoms with Crippen molar-refractivity contribution in [2.24, 2.45) is 0 Å². The fourth-order valence-electron chi connectivity index (χ4n) is 1.72. The SMILES string of the molecule is O=C(O)c1ccccc1C1=CCS(=O)(=O)C1. The van der Waals surface area contributed by atoms with Crippen LogP contribution in [0.4, 0.5) is 0 Å². The summed E-state index contributed by atoms with van der Waals surface area (Å²) in [6, 6.07) is 6.43. The van der Waals surface area contributed by atoms with Crippen molar-refractivity contribution < 1.29 is 18.3 Å². The van der Waals surface area contributed by atoms with Gasteiger partial charge in [0.1, 0.15) is 0 Å². The van der Waals surface area contributed by atoms with E-state index in [-0.39, 0.29) is 17.1 Å². The molecule has 0 atom stereocenters.